The van der Waals surface area contributed by atoms with Gasteiger partial charge in [-0.2, -0.15) is 0 Å². The minimum atomic E-state index is -0.261. The molecule has 0 unspecified atom stereocenters. The number of pyridine rings is 2. The Labute approximate surface area is 144 Å². The Morgan fingerprint density at radius 2 is 1.76 bits per heavy atom. The SMILES string of the molecule is Cc1nc(-c2ccccc2)ccc1C(=O)Nc1nnc2ccccn12. The molecule has 1 aromatic carbocycles. The highest BCUT2D eigenvalue weighted by molar-refractivity contribution is 6.04. The summed E-state index contributed by atoms with van der Waals surface area (Å²) in [5.74, 6) is 0.120. The van der Waals surface area contributed by atoms with Crippen LogP contribution >= 0.6 is 0 Å². The van der Waals surface area contributed by atoms with Gasteiger partial charge in [0.1, 0.15) is 0 Å². The number of carbonyl (C=O) groups is 1. The number of fused-ring (bicyclic) bond motifs is 1. The van der Waals surface area contributed by atoms with E-state index in [0.717, 1.165) is 11.3 Å². The summed E-state index contributed by atoms with van der Waals surface area (Å²) in [6.07, 6.45) is 1.80. The van der Waals surface area contributed by atoms with Crippen LogP contribution in [0.25, 0.3) is 16.9 Å². The minimum Gasteiger partial charge on any atom is -0.290 e. The number of carbonyl (C=O) groups excluding carboxylic acids is 1. The van der Waals surface area contributed by atoms with Gasteiger partial charge in [0, 0.05) is 11.8 Å². The largest absolute Gasteiger partial charge is 0.290 e. The Morgan fingerprint density at radius 1 is 0.960 bits per heavy atom. The Bertz CT molecular complexity index is 1060. The summed E-state index contributed by atoms with van der Waals surface area (Å²) in [6.45, 7) is 1.82. The Balaban J connectivity index is 1.62. The summed E-state index contributed by atoms with van der Waals surface area (Å²) in [6, 6.07) is 19.0. The monoisotopic (exact) mass is 329 g/mol. The van der Waals surface area contributed by atoms with Gasteiger partial charge in [-0.3, -0.25) is 19.5 Å². The lowest BCUT2D eigenvalue weighted by atomic mass is 10.1. The molecule has 0 atom stereocenters. The van der Waals surface area contributed by atoms with Crippen molar-refractivity contribution in [2.75, 3.05) is 5.32 Å². The van der Waals surface area contributed by atoms with Crippen molar-refractivity contribution in [3.8, 4) is 11.3 Å². The number of benzene rings is 1. The van der Waals surface area contributed by atoms with Crippen LogP contribution in [0.5, 0.6) is 0 Å². The van der Waals surface area contributed by atoms with E-state index in [1.807, 2.05) is 61.5 Å². The number of rotatable bonds is 3. The first kappa shape index (κ1) is 15.0. The third-order valence-corrected chi connectivity index (χ3v) is 3.94. The van der Waals surface area contributed by atoms with Crippen molar-refractivity contribution in [3.63, 3.8) is 0 Å². The van der Waals surface area contributed by atoms with Gasteiger partial charge in [0.2, 0.25) is 5.95 Å². The molecule has 0 radical (unpaired) electrons. The second kappa shape index (κ2) is 6.16. The summed E-state index contributed by atoms with van der Waals surface area (Å²) < 4.78 is 1.72. The average Bonchev–Trinajstić information content (AvgIpc) is 3.05. The molecular weight excluding hydrogens is 314 g/mol. The van der Waals surface area contributed by atoms with Crippen molar-refractivity contribution < 1.29 is 4.79 Å². The number of hydrogen-bond donors (Lipinski definition) is 1. The van der Waals surface area contributed by atoms with Gasteiger partial charge in [-0.1, -0.05) is 36.4 Å². The quantitative estimate of drug-likeness (QED) is 0.625. The molecule has 0 bridgehead atoms. The van der Waals surface area contributed by atoms with Crippen LogP contribution in [-0.2, 0) is 0 Å². The summed E-state index contributed by atoms with van der Waals surface area (Å²) in [5, 5.41) is 10.8. The van der Waals surface area contributed by atoms with Gasteiger partial charge in [0.25, 0.3) is 5.91 Å². The predicted molar refractivity (Wildman–Crippen MR) is 95.4 cm³/mol. The summed E-state index contributed by atoms with van der Waals surface area (Å²) in [5.41, 5.74) is 3.69. The van der Waals surface area contributed by atoms with Crippen LogP contribution in [0.4, 0.5) is 5.95 Å². The molecule has 0 spiro atoms. The smallest absolute Gasteiger partial charge is 0.259 e. The van der Waals surface area contributed by atoms with Crippen LogP contribution in [0.3, 0.4) is 0 Å². The van der Waals surface area contributed by atoms with Gasteiger partial charge >= 0.3 is 0 Å². The standard InChI is InChI=1S/C19H15N5O/c1-13-15(10-11-16(20-13)14-7-3-2-4-8-14)18(25)21-19-23-22-17-9-5-6-12-24(17)19/h2-12H,1H3,(H,21,23,25). The maximum absolute atomic E-state index is 12.6. The van der Waals surface area contributed by atoms with Crippen molar-refractivity contribution >= 4 is 17.5 Å². The minimum absolute atomic E-state index is 0.261. The second-order valence-electron chi connectivity index (χ2n) is 5.60. The predicted octanol–water partition coefficient (Wildman–Crippen LogP) is 3.35. The third-order valence-electron chi connectivity index (χ3n) is 3.94. The molecule has 122 valence electrons. The fraction of sp³-hybridized carbons (Fsp3) is 0.0526. The molecule has 3 aromatic heterocycles. The van der Waals surface area contributed by atoms with Gasteiger partial charge in [0.15, 0.2) is 5.65 Å². The zero-order valence-corrected chi connectivity index (χ0v) is 13.5. The van der Waals surface area contributed by atoms with Crippen molar-refractivity contribution in [2.24, 2.45) is 0 Å². The Morgan fingerprint density at radius 3 is 2.56 bits per heavy atom. The first-order valence-corrected chi connectivity index (χ1v) is 7.86. The Hall–Kier alpha value is -3.54. The third kappa shape index (κ3) is 2.85. The lowest BCUT2D eigenvalue weighted by molar-refractivity contribution is 0.102. The molecule has 3 heterocycles. The molecule has 6 heteroatoms. The number of hydrogen-bond acceptors (Lipinski definition) is 4. The molecule has 4 rings (SSSR count). The zero-order valence-electron chi connectivity index (χ0n) is 13.5. The van der Waals surface area contributed by atoms with Crippen LogP contribution in [0.1, 0.15) is 16.1 Å². The molecule has 0 saturated carbocycles. The van der Waals surface area contributed by atoms with Crippen LogP contribution < -0.4 is 5.32 Å². The van der Waals surface area contributed by atoms with Crippen LogP contribution in [0.2, 0.25) is 0 Å². The van der Waals surface area contributed by atoms with Crippen molar-refractivity contribution in [1.82, 2.24) is 19.6 Å². The van der Waals surface area contributed by atoms with Crippen LogP contribution in [-0.4, -0.2) is 25.5 Å². The van der Waals surface area contributed by atoms with E-state index >= 15 is 0 Å². The zero-order chi connectivity index (χ0) is 17.2. The first-order valence-electron chi connectivity index (χ1n) is 7.86. The lowest BCUT2D eigenvalue weighted by Crippen LogP contribution is -2.16. The van der Waals surface area contributed by atoms with Crippen molar-refractivity contribution in [1.29, 1.82) is 0 Å². The van der Waals surface area contributed by atoms with Gasteiger partial charge in [-0.25, -0.2) is 0 Å². The van der Waals surface area contributed by atoms with Crippen molar-refractivity contribution in [2.45, 2.75) is 6.92 Å². The average molecular weight is 329 g/mol. The van der Waals surface area contributed by atoms with E-state index in [2.05, 4.69) is 20.5 Å². The van der Waals surface area contributed by atoms with Crippen LogP contribution in [0.15, 0.2) is 66.9 Å². The number of anilines is 1. The summed E-state index contributed by atoms with van der Waals surface area (Å²) in [7, 11) is 0. The highest BCUT2D eigenvalue weighted by atomic mass is 16.1. The number of nitrogens with zero attached hydrogens (tertiary/aromatic N) is 4. The van der Waals surface area contributed by atoms with Gasteiger partial charge in [-0.05, 0) is 31.2 Å². The summed E-state index contributed by atoms with van der Waals surface area (Å²) in [4.78, 5) is 17.1. The number of amides is 1. The number of aromatic nitrogens is 4. The van der Waals surface area contributed by atoms with E-state index in [-0.39, 0.29) is 5.91 Å². The van der Waals surface area contributed by atoms with E-state index in [4.69, 9.17) is 0 Å². The second-order valence-corrected chi connectivity index (χ2v) is 5.60. The number of aryl methyl sites for hydroxylation is 1. The van der Waals surface area contributed by atoms with E-state index in [0.29, 0.717) is 22.9 Å². The van der Waals surface area contributed by atoms with Gasteiger partial charge in [-0.15, -0.1) is 10.2 Å². The van der Waals surface area contributed by atoms with Gasteiger partial charge < -0.3 is 0 Å². The maximum Gasteiger partial charge on any atom is 0.259 e. The number of nitrogens with one attached hydrogen (secondary N) is 1. The molecule has 25 heavy (non-hydrogen) atoms. The molecule has 4 aromatic rings. The van der Waals surface area contributed by atoms with Crippen LogP contribution in [0, 0.1) is 6.92 Å². The maximum atomic E-state index is 12.6. The van der Waals surface area contributed by atoms with Crippen molar-refractivity contribution in [3.05, 3.63) is 78.1 Å². The highest BCUT2D eigenvalue weighted by Crippen LogP contribution is 2.19. The summed E-state index contributed by atoms with van der Waals surface area (Å²) >= 11 is 0. The van der Waals surface area contributed by atoms with E-state index < -0.39 is 0 Å². The Kier molecular flexibility index (Phi) is 3.70. The molecule has 1 amide bonds. The topological polar surface area (TPSA) is 72.2 Å². The molecular formula is C19H15N5O. The fourth-order valence-corrected chi connectivity index (χ4v) is 2.67. The molecule has 0 saturated heterocycles. The van der Waals surface area contributed by atoms with E-state index in [9.17, 15) is 4.79 Å². The molecule has 1 N–H and O–H groups in total. The lowest BCUT2D eigenvalue weighted by Gasteiger charge is -2.08. The molecule has 0 aliphatic rings. The normalized spacial score (nSPS) is 10.8. The molecule has 0 fully saturated rings. The van der Waals surface area contributed by atoms with Gasteiger partial charge in [0.05, 0.1) is 17.0 Å². The molecule has 0 aliphatic heterocycles. The highest BCUT2D eigenvalue weighted by Gasteiger charge is 2.14. The van der Waals surface area contributed by atoms with E-state index in [1.54, 1.807) is 16.7 Å². The molecule has 0 aliphatic carbocycles. The van der Waals surface area contributed by atoms with E-state index in [1.165, 1.54) is 0 Å². The molecule has 6 nitrogen and oxygen atoms in total. The first-order chi connectivity index (χ1) is 12.2. The fourth-order valence-electron chi connectivity index (χ4n) is 2.67.